The van der Waals surface area contributed by atoms with E-state index in [9.17, 15) is 27.3 Å². The fourth-order valence-electron chi connectivity index (χ4n) is 3.10. The van der Waals surface area contributed by atoms with Crippen molar-refractivity contribution in [3.8, 4) is 0 Å². The summed E-state index contributed by atoms with van der Waals surface area (Å²) in [4.78, 5) is 23.2. The highest BCUT2D eigenvalue weighted by molar-refractivity contribution is 7.57. The smallest absolute Gasteiger partial charge is 0.368 e. The van der Waals surface area contributed by atoms with E-state index in [2.05, 4.69) is 0 Å². The summed E-state index contributed by atoms with van der Waals surface area (Å²) in [6.45, 7) is 0.159. The first-order valence-corrected chi connectivity index (χ1v) is 9.87. The van der Waals surface area contributed by atoms with Crippen LogP contribution >= 0.6 is 7.52 Å². The fourth-order valence-corrected chi connectivity index (χ4v) is 5.69. The molecule has 0 aromatic heterocycles. The van der Waals surface area contributed by atoms with Gasteiger partial charge in [0.15, 0.2) is 0 Å². The molecule has 2 amide bonds. The highest BCUT2D eigenvalue weighted by atomic mass is 31.2. The number of primary amides is 1. The molecule has 1 aromatic carbocycles. The Kier molecular flexibility index (Phi) is 6.67. The first-order chi connectivity index (χ1) is 12.6. The highest BCUT2D eigenvalue weighted by Crippen LogP contribution is 2.57. The quantitative estimate of drug-likeness (QED) is 0.674. The van der Waals surface area contributed by atoms with Crippen molar-refractivity contribution in [1.29, 1.82) is 0 Å². The zero-order valence-corrected chi connectivity index (χ0v) is 15.5. The second kappa shape index (κ2) is 8.41. The maximum Gasteiger partial charge on any atom is 0.471 e. The second-order valence-electron chi connectivity index (χ2n) is 6.15. The number of carbonyl (C=O) groups excluding carboxylic acids is 2. The highest BCUT2D eigenvalue weighted by Gasteiger charge is 2.50. The van der Waals surface area contributed by atoms with Crippen LogP contribution in [0.4, 0.5) is 13.2 Å². The van der Waals surface area contributed by atoms with Crippen LogP contribution in [0.2, 0.25) is 0 Å². The van der Waals surface area contributed by atoms with E-state index in [1.807, 2.05) is 0 Å². The molecule has 2 rings (SSSR count). The van der Waals surface area contributed by atoms with E-state index in [4.69, 9.17) is 10.3 Å². The zero-order valence-electron chi connectivity index (χ0n) is 14.6. The molecular formula is C16H21F3N3O4P. The van der Waals surface area contributed by atoms with E-state index < -0.39 is 37.3 Å². The monoisotopic (exact) mass is 407 g/mol. The van der Waals surface area contributed by atoms with Crippen LogP contribution < -0.4 is 11.1 Å². The molecule has 3 N–H and O–H groups in total. The lowest BCUT2D eigenvalue weighted by atomic mass is 10.1. The van der Waals surface area contributed by atoms with E-state index >= 15 is 0 Å². The number of halogens is 3. The summed E-state index contributed by atoms with van der Waals surface area (Å²) in [7, 11) is -2.98. The zero-order chi connectivity index (χ0) is 20.2. The van der Waals surface area contributed by atoms with Crippen molar-refractivity contribution in [2.45, 2.75) is 37.3 Å². The molecule has 3 atom stereocenters. The largest absolute Gasteiger partial charge is 0.471 e. The molecule has 1 heterocycles. The van der Waals surface area contributed by atoms with Crippen molar-refractivity contribution in [1.82, 2.24) is 9.99 Å². The molecule has 7 nitrogen and oxygen atoms in total. The number of benzene rings is 1. The summed E-state index contributed by atoms with van der Waals surface area (Å²) in [5.41, 5.74) is 5.89. The number of hydrogen-bond acceptors (Lipinski definition) is 4. The van der Waals surface area contributed by atoms with Gasteiger partial charge in [-0.05, 0) is 18.4 Å². The molecule has 2 unspecified atom stereocenters. The van der Waals surface area contributed by atoms with Gasteiger partial charge in [0.1, 0.15) is 5.78 Å². The summed E-state index contributed by atoms with van der Waals surface area (Å²) in [5.74, 6) is -4.47. The van der Waals surface area contributed by atoms with Crippen LogP contribution in [0.25, 0.3) is 0 Å². The Bertz CT molecular complexity index is 729. The maximum atomic E-state index is 13.6. The van der Waals surface area contributed by atoms with E-state index in [0.717, 1.165) is 7.11 Å². The van der Waals surface area contributed by atoms with Crippen LogP contribution in [-0.4, -0.2) is 48.1 Å². The molecule has 1 aliphatic rings. The van der Waals surface area contributed by atoms with E-state index in [0.29, 0.717) is 18.4 Å². The number of nitrogens with zero attached hydrogens (tertiary/aromatic N) is 1. The number of amides is 2. The van der Waals surface area contributed by atoms with Crippen molar-refractivity contribution >= 4 is 19.3 Å². The number of nitrogens with two attached hydrogens (primary N) is 1. The Hall–Kier alpha value is -1.90. The van der Waals surface area contributed by atoms with Crippen molar-refractivity contribution in [3.05, 3.63) is 35.9 Å². The first-order valence-electron chi connectivity index (χ1n) is 8.23. The molecule has 0 aliphatic carbocycles. The Morgan fingerprint density at radius 2 is 2.00 bits per heavy atom. The van der Waals surface area contributed by atoms with Gasteiger partial charge < -0.3 is 15.6 Å². The Balaban J connectivity index is 2.40. The van der Waals surface area contributed by atoms with Gasteiger partial charge in [-0.25, -0.2) is 4.67 Å². The van der Waals surface area contributed by atoms with Crippen LogP contribution in [-0.2, 0) is 25.1 Å². The van der Waals surface area contributed by atoms with Gasteiger partial charge in [0, 0.05) is 20.1 Å². The number of alkyl halides is 3. The van der Waals surface area contributed by atoms with E-state index in [1.165, 1.54) is 4.67 Å². The Morgan fingerprint density at radius 3 is 2.52 bits per heavy atom. The summed E-state index contributed by atoms with van der Waals surface area (Å²) >= 11 is 0. The predicted molar refractivity (Wildman–Crippen MR) is 91.7 cm³/mol. The fraction of sp³-hybridized carbons (Fsp3) is 0.500. The topological polar surface area (TPSA) is 102 Å². The van der Waals surface area contributed by atoms with Gasteiger partial charge in [-0.15, -0.1) is 0 Å². The summed E-state index contributed by atoms with van der Waals surface area (Å²) in [5, 5.41) is 1.79. The van der Waals surface area contributed by atoms with Crippen LogP contribution in [0.5, 0.6) is 0 Å². The minimum Gasteiger partial charge on any atom is -0.368 e. The SMILES string of the molecule is COP(=O)(C(Cc1ccccc1)NC(=O)C(F)(F)F)N1CCC[C@H]1C(N)=O. The van der Waals surface area contributed by atoms with Gasteiger partial charge in [-0.3, -0.25) is 14.2 Å². The summed E-state index contributed by atoms with van der Waals surface area (Å²) < 4.78 is 58.3. The van der Waals surface area contributed by atoms with Crippen molar-refractivity contribution in [3.63, 3.8) is 0 Å². The molecule has 150 valence electrons. The van der Waals surface area contributed by atoms with Gasteiger partial charge in [-0.1, -0.05) is 30.3 Å². The van der Waals surface area contributed by atoms with Crippen LogP contribution in [0.1, 0.15) is 18.4 Å². The number of nitrogens with one attached hydrogen (secondary N) is 1. The summed E-state index contributed by atoms with van der Waals surface area (Å²) in [6, 6.07) is 7.36. The van der Waals surface area contributed by atoms with Crippen molar-refractivity contribution in [2.75, 3.05) is 13.7 Å². The minimum atomic E-state index is -5.15. The Morgan fingerprint density at radius 1 is 1.37 bits per heavy atom. The molecule has 11 heteroatoms. The van der Waals surface area contributed by atoms with Crippen LogP contribution in [0.15, 0.2) is 30.3 Å². The van der Waals surface area contributed by atoms with Crippen LogP contribution in [0.3, 0.4) is 0 Å². The average molecular weight is 407 g/mol. The molecule has 1 aliphatic heterocycles. The van der Waals surface area contributed by atoms with Crippen molar-refractivity contribution in [2.24, 2.45) is 5.73 Å². The third-order valence-electron chi connectivity index (χ3n) is 4.39. The van der Waals surface area contributed by atoms with Crippen LogP contribution in [0, 0.1) is 0 Å². The summed E-state index contributed by atoms with van der Waals surface area (Å²) in [6.07, 6.45) is -4.53. The second-order valence-corrected chi connectivity index (χ2v) is 8.78. The van der Waals surface area contributed by atoms with Gasteiger partial charge in [0.05, 0.1) is 6.04 Å². The number of hydrogen-bond donors (Lipinski definition) is 2. The van der Waals surface area contributed by atoms with E-state index in [-0.39, 0.29) is 13.0 Å². The number of carbonyl (C=O) groups is 2. The number of rotatable bonds is 7. The lowest BCUT2D eigenvalue weighted by molar-refractivity contribution is -0.173. The normalized spacial score (nSPS) is 21.4. The molecule has 0 saturated carbocycles. The van der Waals surface area contributed by atoms with Gasteiger partial charge in [0.25, 0.3) is 7.52 Å². The Labute approximate surface area is 154 Å². The standard InChI is InChI=1S/C16H21F3N3O4P/c1-26-27(25,22-9-5-8-12(22)14(20)23)13(21-15(24)16(17,18)19)10-11-6-3-2-4-7-11/h2-4,6-7,12-13H,5,8-10H2,1H3,(H2,20,23)(H,21,24)/t12-,13?,27?/m0/s1. The first kappa shape index (κ1) is 21.4. The molecular weight excluding hydrogens is 386 g/mol. The third kappa shape index (κ3) is 4.88. The lowest BCUT2D eigenvalue weighted by Crippen LogP contribution is -2.48. The van der Waals surface area contributed by atoms with Gasteiger partial charge >= 0.3 is 12.1 Å². The molecule has 1 aromatic rings. The van der Waals surface area contributed by atoms with Gasteiger partial charge in [-0.2, -0.15) is 13.2 Å². The molecule has 27 heavy (non-hydrogen) atoms. The molecule has 1 saturated heterocycles. The molecule has 0 radical (unpaired) electrons. The maximum absolute atomic E-state index is 13.6. The minimum absolute atomic E-state index is 0.159. The lowest BCUT2D eigenvalue weighted by Gasteiger charge is -2.36. The van der Waals surface area contributed by atoms with E-state index in [1.54, 1.807) is 35.6 Å². The van der Waals surface area contributed by atoms with Gasteiger partial charge in [0.2, 0.25) is 5.91 Å². The van der Waals surface area contributed by atoms with Crippen molar-refractivity contribution < 1.29 is 31.8 Å². The third-order valence-corrected chi connectivity index (χ3v) is 7.21. The molecule has 0 spiro atoms. The predicted octanol–water partition coefficient (Wildman–Crippen LogP) is 2.02. The molecule has 0 bridgehead atoms. The average Bonchev–Trinajstić information content (AvgIpc) is 3.11. The molecule has 1 fully saturated rings.